The lowest BCUT2D eigenvalue weighted by Gasteiger charge is -2.06. The molecule has 4 rings (SSSR count). The van der Waals surface area contributed by atoms with Gasteiger partial charge in [0.05, 0.1) is 24.0 Å². The molecule has 0 bridgehead atoms. The van der Waals surface area contributed by atoms with Gasteiger partial charge in [0.2, 0.25) is 0 Å². The van der Waals surface area contributed by atoms with Gasteiger partial charge in [-0.05, 0) is 37.8 Å². The molecule has 5 heteroatoms. The lowest BCUT2D eigenvalue weighted by atomic mass is 10.0. The first kappa shape index (κ1) is 13.5. The molecule has 0 aliphatic heterocycles. The van der Waals surface area contributed by atoms with E-state index in [2.05, 4.69) is 4.98 Å². The van der Waals surface area contributed by atoms with Crippen molar-refractivity contribution < 1.29 is 4.74 Å². The molecule has 2 aromatic heterocycles. The van der Waals surface area contributed by atoms with Gasteiger partial charge in [-0.2, -0.15) is 0 Å². The Morgan fingerprint density at radius 1 is 1.23 bits per heavy atom. The summed E-state index contributed by atoms with van der Waals surface area (Å²) in [6.45, 7) is 0. The summed E-state index contributed by atoms with van der Waals surface area (Å²) in [5.41, 5.74) is 2.80. The molecule has 22 heavy (non-hydrogen) atoms. The highest BCUT2D eigenvalue weighted by atomic mass is 32.1. The van der Waals surface area contributed by atoms with Crippen LogP contribution in [0.25, 0.3) is 21.6 Å². The van der Waals surface area contributed by atoms with E-state index in [0.29, 0.717) is 5.39 Å². The Morgan fingerprint density at radius 3 is 2.91 bits per heavy atom. The molecule has 1 aliphatic carbocycles. The van der Waals surface area contributed by atoms with Crippen LogP contribution in [0.2, 0.25) is 0 Å². The maximum absolute atomic E-state index is 12.3. The van der Waals surface area contributed by atoms with Crippen LogP contribution in [0, 0.1) is 0 Å². The van der Waals surface area contributed by atoms with Crippen molar-refractivity contribution in [2.45, 2.75) is 25.7 Å². The highest BCUT2D eigenvalue weighted by Crippen LogP contribution is 2.32. The zero-order valence-electron chi connectivity index (χ0n) is 12.3. The van der Waals surface area contributed by atoms with E-state index in [0.717, 1.165) is 34.8 Å². The van der Waals surface area contributed by atoms with Crippen LogP contribution in [0.15, 0.2) is 29.1 Å². The molecular formula is C17H16N2O2S. The Balaban J connectivity index is 1.87. The fourth-order valence-electron chi connectivity index (χ4n) is 2.94. The number of hydrogen-bond acceptors (Lipinski definition) is 4. The molecule has 0 saturated heterocycles. The molecule has 0 atom stereocenters. The van der Waals surface area contributed by atoms with E-state index in [1.807, 2.05) is 6.07 Å². The summed E-state index contributed by atoms with van der Waals surface area (Å²) in [4.78, 5) is 21.8. The molecule has 0 spiro atoms. The SMILES string of the molecule is COc1ccc2c(=O)cc(-c3nc4c(s3)CCCC4)[nH]c2c1. The molecule has 0 fully saturated rings. The number of thiazole rings is 1. The number of aromatic nitrogens is 2. The van der Waals surface area contributed by atoms with Gasteiger partial charge in [0.1, 0.15) is 10.8 Å². The molecule has 0 unspecified atom stereocenters. The first-order valence-electron chi connectivity index (χ1n) is 7.44. The predicted octanol–water partition coefficient (Wildman–Crippen LogP) is 3.54. The van der Waals surface area contributed by atoms with Crippen molar-refractivity contribution in [3.05, 3.63) is 45.1 Å². The Morgan fingerprint density at radius 2 is 2.09 bits per heavy atom. The summed E-state index contributed by atoms with van der Waals surface area (Å²) >= 11 is 1.70. The number of aryl methyl sites for hydroxylation is 2. The number of rotatable bonds is 2. The van der Waals surface area contributed by atoms with Gasteiger partial charge in [-0.1, -0.05) is 0 Å². The van der Waals surface area contributed by atoms with Crippen LogP contribution >= 0.6 is 11.3 Å². The maximum Gasteiger partial charge on any atom is 0.190 e. The minimum Gasteiger partial charge on any atom is -0.497 e. The van der Waals surface area contributed by atoms with Crippen LogP contribution in [0.5, 0.6) is 5.75 Å². The second kappa shape index (κ2) is 5.25. The number of hydrogen-bond donors (Lipinski definition) is 1. The minimum absolute atomic E-state index is 0.0135. The van der Waals surface area contributed by atoms with Crippen LogP contribution in [-0.4, -0.2) is 17.1 Å². The van der Waals surface area contributed by atoms with Crippen molar-refractivity contribution >= 4 is 22.2 Å². The van der Waals surface area contributed by atoms with E-state index in [1.54, 1.807) is 36.6 Å². The second-order valence-corrected chi connectivity index (χ2v) is 6.64. The lowest BCUT2D eigenvalue weighted by molar-refractivity contribution is 0.415. The number of methoxy groups -OCH3 is 1. The molecule has 3 aromatic rings. The Kier molecular flexibility index (Phi) is 3.22. The monoisotopic (exact) mass is 312 g/mol. The molecule has 2 heterocycles. The van der Waals surface area contributed by atoms with Crippen LogP contribution < -0.4 is 10.2 Å². The number of pyridine rings is 1. The summed E-state index contributed by atoms with van der Waals surface area (Å²) < 4.78 is 5.24. The van der Waals surface area contributed by atoms with Crippen LogP contribution in [-0.2, 0) is 12.8 Å². The van der Waals surface area contributed by atoms with Gasteiger partial charge in [0.25, 0.3) is 0 Å². The van der Waals surface area contributed by atoms with Crippen molar-refractivity contribution in [3.63, 3.8) is 0 Å². The van der Waals surface area contributed by atoms with E-state index in [9.17, 15) is 4.79 Å². The average Bonchev–Trinajstić information content (AvgIpc) is 2.98. The number of benzene rings is 1. The van der Waals surface area contributed by atoms with E-state index in [1.165, 1.54) is 23.4 Å². The Labute approximate surface area is 131 Å². The van der Waals surface area contributed by atoms with Crippen LogP contribution in [0.3, 0.4) is 0 Å². The van der Waals surface area contributed by atoms with Crippen molar-refractivity contribution in [1.82, 2.24) is 9.97 Å². The van der Waals surface area contributed by atoms with Gasteiger partial charge in [0.15, 0.2) is 5.43 Å². The third-order valence-electron chi connectivity index (χ3n) is 4.11. The highest BCUT2D eigenvalue weighted by molar-refractivity contribution is 7.15. The number of nitrogens with zero attached hydrogens (tertiary/aromatic N) is 1. The van der Waals surface area contributed by atoms with Crippen LogP contribution in [0.1, 0.15) is 23.4 Å². The van der Waals surface area contributed by atoms with Crippen LogP contribution in [0.4, 0.5) is 0 Å². The number of nitrogens with one attached hydrogen (secondary N) is 1. The summed E-state index contributed by atoms with van der Waals surface area (Å²) in [6.07, 6.45) is 4.61. The molecule has 4 nitrogen and oxygen atoms in total. The molecule has 0 amide bonds. The molecule has 1 aromatic carbocycles. The number of fused-ring (bicyclic) bond motifs is 2. The normalized spacial score (nSPS) is 14.0. The maximum atomic E-state index is 12.3. The van der Waals surface area contributed by atoms with E-state index in [4.69, 9.17) is 9.72 Å². The highest BCUT2D eigenvalue weighted by Gasteiger charge is 2.17. The van der Waals surface area contributed by atoms with Gasteiger partial charge < -0.3 is 9.72 Å². The molecule has 0 saturated carbocycles. The fraction of sp³-hybridized carbons (Fsp3) is 0.294. The number of aromatic amines is 1. The summed E-state index contributed by atoms with van der Waals surface area (Å²) in [5, 5.41) is 1.58. The van der Waals surface area contributed by atoms with Gasteiger partial charge in [-0.25, -0.2) is 4.98 Å². The molecular weight excluding hydrogens is 296 g/mol. The quantitative estimate of drug-likeness (QED) is 0.787. The van der Waals surface area contributed by atoms with Gasteiger partial charge >= 0.3 is 0 Å². The minimum atomic E-state index is 0.0135. The summed E-state index contributed by atoms with van der Waals surface area (Å²) in [6, 6.07) is 7.11. The predicted molar refractivity (Wildman–Crippen MR) is 88.9 cm³/mol. The van der Waals surface area contributed by atoms with Gasteiger partial charge in [0, 0.05) is 22.4 Å². The zero-order valence-corrected chi connectivity index (χ0v) is 13.1. The van der Waals surface area contributed by atoms with Crippen molar-refractivity contribution in [2.24, 2.45) is 0 Å². The van der Waals surface area contributed by atoms with Crippen molar-refractivity contribution in [2.75, 3.05) is 7.11 Å². The third-order valence-corrected chi connectivity index (χ3v) is 5.30. The average molecular weight is 312 g/mol. The van der Waals surface area contributed by atoms with E-state index in [-0.39, 0.29) is 5.43 Å². The lowest BCUT2D eigenvalue weighted by Crippen LogP contribution is -2.03. The molecule has 112 valence electrons. The van der Waals surface area contributed by atoms with Crippen molar-refractivity contribution in [3.8, 4) is 16.5 Å². The topological polar surface area (TPSA) is 55.0 Å². The fourth-order valence-corrected chi connectivity index (χ4v) is 4.06. The number of ether oxygens (including phenoxy) is 1. The largest absolute Gasteiger partial charge is 0.497 e. The van der Waals surface area contributed by atoms with E-state index >= 15 is 0 Å². The van der Waals surface area contributed by atoms with Crippen molar-refractivity contribution in [1.29, 1.82) is 0 Å². The van der Waals surface area contributed by atoms with Gasteiger partial charge in [-0.3, -0.25) is 4.79 Å². The Bertz CT molecular complexity index is 887. The Hall–Kier alpha value is -2.14. The second-order valence-electron chi connectivity index (χ2n) is 5.55. The molecule has 1 N–H and O–H groups in total. The summed E-state index contributed by atoms with van der Waals surface area (Å²) in [5.74, 6) is 0.735. The third kappa shape index (κ3) is 2.22. The van der Waals surface area contributed by atoms with E-state index < -0.39 is 0 Å². The summed E-state index contributed by atoms with van der Waals surface area (Å²) in [7, 11) is 1.62. The zero-order chi connectivity index (χ0) is 15.1. The van der Waals surface area contributed by atoms with Gasteiger partial charge in [-0.15, -0.1) is 11.3 Å². The number of H-pyrrole nitrogens is 1. The molecule has 0 radical (unpaired) electrons. The first-order chi connectivity index (χ1) is 10.7. The smallest absolute Gasteiger partial charge is 0.190 e. The first-order valence-corrected chi connectivity index (χ1v) is 8.26. The standard InChI is InChI=1S/C17H16N2O2S/c1-21-10-6-7-11-13(8-10)18-14(9-15(11)20)17-19-12-4-2-3-5-16(12)22-17/h6-9H,2-5H2,1H3,(H,18,20). The molecule has 1 aliphatic rings.